The predicted molar refractivity (Wildman–Crippen MR) is 71.5 cm³/mol. The fraction of sp³-hybridized carbons (Fsp3) is 0.333. The first-order valence-corrected chi connectivity index (χ1v) is 5.96. The van der Waals surface area contributed by atoms with Crippen molar-refractivity contribution in [3.8, 4) is 0 Å². The fourth-order valence-electron chi connectivity index (χ4n) is 1.43. The molecule has 1 aromatic rings. The molecule has 3 N–H and O–H groups in total. The number of nitro benzene ring substituents is 1. The molecule has 0 heterocycles. The van der Waals surface area contributed by atoms with E-state index in [2.05, 4.69) is 10.6 Å². The largest absolute Gasteiger partial charge is 0.481 e. The van der Waals surface area contributed by atoms with Crippen LogP contribution in [0.2, 0.25) is 0 Å². The van der Waals surface area contributed by atoms with Gasteiger partial charge in [0.2, 0.25) is 0 Å². The van der Waals surface area contributed by atoms with Crippen LogP contribution >= 0.6 is 0 Å². The zero-order chi connectivity index (χ0) is 16.2. The molecule has 0 radical (unpaired) electrons. The lowest BCUT2D eigenvalue weighted by atomic mass is 10.0. The highest BCUT2D eigenvalue weighted by Crippen LogP contribution is 2.21. The lowest BCUT2D eigenvalue weighted by Crippen LogP contribution is -2.42. The summed E-state index contributed by atoms with van der Waals surface area (Å²) in [7, 11) is 0. The van der Waals surface area contributed by atoms with Crippen molar-refractivity contribution >= 4 is 23.4 Å². The SMILES string of the molecule is CC(NC(=O)Nc1cc([N+](=O)[O-])ccc1F)C(C)C(=O)O. The van der Waals surface area contributed by atoms with Crippen LogP contribution in [0.15, 0.2) is 18.2 Å². The molecule has 8 nitrogen and oxygen atoms in total. The quantitative estimate of drug-likeness (QED) is 0.566. The second-order valence-electron chi connectivity index (χ2n) is 4.44. The number of hydrogen-bond acceptors (Lipinski definition) is 4. The van der Waals surface area contributed by atoms with E-state index in [0.29, 0.717) is 0 Å². The number of nitro groups is 1. The van der Waals surface area contributed by atoms with E-state index in [4.69, 9.17) is 5.11 Å². The van der Waals surface area contributed by atoms with Gasteiger partial charge >= 0.3 is 12.0 Å². The standard InChI is InChI=1S/C12H14FN3O5/c1-6(11(17)18)7(2)14-12(19)15-10-5-8(16(20)21)3-4-9(10)13/h3-7H,1-2H3,(H,17,18)(H2,14,15,19). The number of rotatable bonds is 5. The van der Waals surface area contributed by atoms with Crippen molar-refractivity contribution in [3.05, 3.63) is 34.1 Å². The third kappa shape index (κ3) is 4.41. The highest BCUT2D eigenvalue weighted by atomic mass is 19.1. The minimum Gasteiger partial charge on any atom is -0.481 e. The average Bonchev–Trinajstić information content (AvgIpc) is 2.39. The Balaban J connectivity index is 2.77. The van der Waals surface area contributed by atoms with Crippen molar-refractivity contribution in [3.63, 3.8) is 0 Å². The number of carbonyl (C=O) groups excluding carboxylic acids is 1. The Kier molecular flexibility index (Phi) is 5.17. The topological polar surface area (TPSA) is 122 Å². The van der Waals surface area contributed by atoms with E-state index < -0.39 is 34.7 Å². The van der Waals surface area contributed by atoms with Crippen molar-refractivity contribution in [2.24, 2.45) is 5.92 Å². The van der Waals surface area contributed by atoms with Crippen LogP contribution in [0.25, 0.3) is 0 Å². The number of urea groups is 1. The molecule has 2 amide bonds. The number of hydrogen-bond donors (Lipinski definition) is 3. The predicted octanol–water partition coefficient (Wildman–Crippen LogP) is 1.96. The van der Waals surface area contributed by atoms with E-state index in [-0.39, 0.29) is 11.4 Å². The van der Waals surface area contributed by atoms with Crippen LogP contribution in [0.1, 0.15) is 13.8 Å². The van der Waals surface area contributed by atoms with Gasteiger partial charge in [0, 0.05) is 18.2 Å². The summed E-state index contributed by atoms with van der Waals surface area (Å²) < 4.78 is 13.5. The normalized spacial score (nSPS) is 13.1. The van der Waals surface area contributed by atoms with Crippen LogP contribution in [-0.2, 0) is 4.79 Å². The van der Waals surface area contributed by atoms with Gasteiger partial charge in [-0.15, -0.1) is 0 Å². The number of carboxylic acid groups (broad SMARTS) is 1. The molecule has 0 saturated carbocycles. The number of aliphatic carboxylic acids is 1. The maximum atomic E-state index is 13.5. The van der Waals surface area contributed by atoms with Gasteiger partial charge in [0.1, 0.15) is 5.82 Å². The summed E-state index contributed by atoms with van der Waals surface area (Å²) in [6, 6.07) is 1.14. The molecule has 1 rings (SSSR count). The van der Waals surface area contributed by atoms with E-state index >= 15 is 0 Å². The summed E-state index contributed by atoms with van der Waals surface area (Å²) in [5.74, 6) is -2.77. The maximum absolute atomic E-state index is 13.5. The Morgan fingerprint density at radius 1 is 1.38 bits per heavy atom. The number of anilines is 1. The number of benzene rings is 1. The van der Waals surface area contributed by atoms with Crippen molar-refractivity contribution in [2.45, 2.75) is 19.9 Å². The van der Waals surface area contributed by atoms with Gasteiger partial charge in [-0.3, -0.25) is 14.9 Å². The van der Waals surface area contributed by atoms with Crippen molar-refractivity contribution in [1.82, 2.24) is 5.32 Å². The molecule has 114 valence electrons. The van der Waals surface area contributed by atoms with Crippen LogP contribution in [0.4, 0.5) is 20.6 Å². The third-order valence-electron chi connectivity index (χ3n) is 2.91. The molecule has 1 aromatic carbocycles. The summed E-state index contributed by atoms with van der Waals surface area (Å²) in [5.41, 5.74) is -0.740. The first kappa shape index (κ1) is 16.3. The maximum Gasteiger partial charge on any atom is 0.319 e. The first-order valence-electron chi connectivity index (χ1n) is 5.96. The number of amides is 2. The molecule has 0 saturated heterocycles. The zero-order valence-electron chi connectivity index (χ0n) is 11.3. The van der Waals surface area contributed by atoms with Gasteiger partial charge < -0.3 is 15.7 Å². The van der Waals surface area contributed by atoms with E-state index in [1.165, 1.54) is 13.8 Å². The number of nitrogens with zero attached hydrogens (tertiary/aromatic N) is 1. The molecule has 0 aromatic heterocycles. The van der Waals surface area contributed by atoms with Gasteiger partial charge in [-0.2, -0.15) is 0 Å². The summed E-state index contributed by atoms with van der Waals surface area (Å²) in [6.07, 6.45) is 0. The molecule has 2 atom stereocenters. The molecule has 0 aliphatic rings. The summed E-state index contributed by atoms with van der Waals surface area (Å²) >= 11 is 0. The van der Waals surface area contributed by atoms with Gasteiger partial charge in [0.05, 0.1) is 16.5 Å². The molecule has 0 spiro atoms. The molecule has 0 aliphatic carbocycles. The van der Waals surface area contributed by atoms with E-state index in [9.17, 15) is 24.1 Å². The summed E-state index contributed by atoms with van der Waals surface area (Å²) in [4.78, 5) is 32.2. The Labute approximate surface area is 119 Å². The van der Waals surface area contributed by atoms with Gasteiger partial charge in [0.25, 0.3) is 5.69 Å². The third-order valence-corrected chi connectivity index (χ3v) is 2.91. The van der Waals surface area contributed by atoms with Crippen LogP contribution in [-0.4, -0.2) is 28.1 Å². The number of halogens is 1. The van der Waals surface area contributed by atoms with E-state index in [0.717, 1.165) is 18.2 Å². The molecule has 0 bridgehead atoms. The monoisotopic (exact) mass is 299 g/mol. The number of nitrogens with one attached hydrogen (secondary N) is 2. The van der Waals surface area contributed by atoms with Crippen LogP contribution in [0, 0.1) is 21.8 Å². The Morgan fingerprint density at radius 3 is 2.52 bits per heavy atom. The number of non-ortho nitro benzene ring substituents is 1. The molecule has 2 unspecified atom stereocenters. The zero-order valence-corrected chi connectivity index (χ0v) is 11.3. The van der Waals surface area contributed by atoms with Gasteiger partial charge in [0.15, 0.2) is 0 Å². The molecule has 21 heavy (non-hydrogen) atoms. The highest BCUT2D eigenvalue weighted by Gasteiger charge is 2.21. The second-order valence-corrected chi connectivity index (χ2v) is 4.44. The summed E-state index contributed by atoms with van der Waals surface area (Å²) in [5, 5.41) is 23.8. The highest BCUT2D eigenvalue weighted by molar-refractivity contribution is 5.90. The molecular weight excluding hydrogens is 285 g/mol. The van der Waals surface area contributed by atoms with Gasteiger partial charge in [-0.05, 0) is 19.9 Å². The Morgan fingerprint density at radius 2 is 2.00 bits per heavy atom. The van der Waals surface area contributed by atoms with Gasteiger partial charge in [-0.1, -0.05) is 0 Å². The minimum atomic E-state index is -1.09. The lowest BCUT2D eigenvalue weighted by molar-refractivity contribution is -0.384. The average molecular weight is 299 g/mol. The van der Waals surface area contributed by atoms with Crippen molar-refractivity contribution in [2.75, 3.05) is 5.32 Å². The van der Waals surface area contributed by atoms with Crippen LogP contribution < -0.4 is 10.6 Å². The van der Waals surface area contributed by atoms with Crippen LogP contribution in [0.3, 0.4) is 0 Å². The Bertz CT molecular complexity index is 578. The minimum absolute atomic E-state index is 0.364. The first-order chi connectivity index (χ1) is 9.72. The molecular formula is C12H14FN3O5. The number of carbonyl (C=O) groups is 2. The fourth-order valence-corrected chi connectivity index (χ4v) is 1.43. The van der Waals surface area contributed by atoms with E-state index in [1.54, 1.807) is 0 Å². The number of carboxylic acids is 1. The van der Waals surface area contributed by atoms with Crippen molar-refractivity contribution < 1.29 is 24.0 Å². The second kappa shape index (κ2) is 6.64. The lowest BCUT2D eigenvalue weighted by Gasteiger charge is -2.18. The Hall–Kier alpha value is -2.71. The summed E-state index contributed by atoms with van der Waals surface area (Å²) in [6.45, 7) is 2.88. The van der Waals surface area contributed by atoms with Gasteiger partial charge in [-0.25, -0.2) is 9.18 Å². The molecule has 9 heteroatoms. The van der Waals surface area contributed by atoms with E-state index in [1.807, 2.05) is 0 Å². The smallest absolute Gasteiger partial charge is 0.319 e. The van der Waals surface area contributed by atoms with Crippen LogP contribution in [0.5, 0.6) is 0 Å². The van der Waals surface area contributed by atoms with Crippen molar-refractivity contribution in [1.29, 1.82) is 0 Å². The molecule has 0 fully saturated rings. The molecule has 0 aliphatic heterocycles.